The summed E-state index contributed by atoms with van der Waals surface area (Å²) in [5.74, 6) is -0.312. The van der Waals surface area contributed by atoms with Crippen LogP contribution in [0.3, 0.4) is 0 Å². The van der Waals surface area contributed by atoms with E-state index in [2.05, 4.69) is 9.64 Å². The van der Waals surface area contributed by atoms with Crippen molar-refractivity contribution in [1.29, 1.82) is 0 Å². The third-order valence-corrected chi connectivity index (χ3v) is 6.99. The molecule has 2 unspecified atom stereocenters. The van der Waals surface area contributed by atoms with Crippen LogP contribution in [0.2, 0.25) is 0 Å². The Morgan fingerprint density at radius 3 is 2.61 bits per heavy atom. The zero-order chi connectivity index (χ0) is 22.2. The molecule has 3 aliphatic rings. The predicted octanol–water partition coefficient (Wildman–Crippen LogP) is 2.86. The van der Waals surface area contributed by atoms with Gasteiger partial charge in [0.2, 0.25) is 5.91 Å². The summed E-state index contributed by atoms with van der Waals surface area (Å²) in [5, 5.41) is 10.3. The van der Waals surface area contributed by atoms with Crippen molar-refractivity contribution in [3.05, 3.63) is 24.3 Å². The van der Waals surface area contributed by atoms with Crippen LogP contribution in [0.4, 0.5) is 18.9 Å². The maximum Gasteiger partial charge on any atom is 0.573 e. The minimum absolute atomic E-state index is 0.0241. The van der Waals surface area contributed by atoms with Gasteiger partial charge in [-0.3, -0.25) is 4.79 Å². The van der Waals surface area contributed by atoms with Crippen LogP contribution in [0.15, 0.2) is 24.3 Å². The molecule has 0 radical (unpaired) electrons. The molecule has 1 aromatic carbocycles. The standard InChI is InChI=1S/C22H30F3N3O3/c1-16-20(30)27(10-3-9-26-11-8-21(6-7-21)19(29)15-26)12-13-28(16)17-4-2-5-18(14-17)31-22(23,24)25/h2,4-5,14,16,19,29H,3,6-13,15H2,1H3. The summed E-state index contributed by atoms with van der Waals surface area (Å²) < 4.78 is 41.5. The molecule has 1 amide bonds. The van der Waals surface area contributed by atoms with Gasteiger partial charge < -0.3 is 24.5 Å². The molecule has 9 heteroatoms. The van der Waals surface area contributed by atoms with Gasteiger partial charge in [0.25, 0.3) is 0 Å². The molecule has 172 valence electrons. The summed E-state index contributed by atoms with van der Waals surface area (Å²) in [4.78, 5) is 18.8. The number of rotatable bonds is 6. The first kappa shape index (κ1) is 22.2. The van der Waals surface area contributed by atoms with Crippen molar-refractivity contribution in [3.63, 3.8) is 0 Å². The van der Waals surface area contributed by atoms with E-state index in [0.29, 0.717) is 31.9 Å². The number of piperidine rings is 1. The van der Waals surface area contributed by atoms with Gasteiger partial charge in [-0.25, -0.2) is 0 Å². The van der Waals surface area contributed by atoms with E-state index in [-0.39, 0.29) is 23.2 Å². The van der Waals surface area contributed by atoms with E-state index in [0.717, 1.165) is 38.8 Å². The summed E-state index contributed by atoms with van der Waals surface area (Å²) in [6.07, 6.45) is -0.799. The van der Waals surface area contributed by atoms with Crippen molar-refractivity contribution in [2.24, 2.45) is 5.41 Å². The maximum absolute atomic E-state index is 12.9. The number of carbonyl (C=O) groups is 1. The number of hydrogen-bond donors (Lipinski definition) is 1. The van der Waals surface area contributed by atoms with E-state index in [9.17, 15) is 23.1 Å². The van der Waals surface area contributed by atoms with Gasteiger partial charge in [0.1, 0.15) is 11.8 Å². The number of carbonyl (C=O) groups excluding carboxylic acids is 1. The van der Waals surface area contributed by atoms with Crippen LogP contribution in [-0.4, -0.2) is 78.6 Å². The molecule has 0 aromatic heterocycles. The predicted molar refractivity (Wildman–Crippen MR) is 110 cm³/mol. The molecule has 1 aromatic rings. The Morgan fingerprint density at radius 2 is 1.94 bits per heavy atom. The fourth-order valence-electron chi connectivity index (χ4n) is 4.87. The molecule has 1 aliphatic carbocycles. The number of anilines is 1. The Bertz CT molecular complexity index is 800. The Morgan fingerprint density at radius 1 is 1.16 bits per heavy atom. The summed E-state index contributed by atoms with van der Waals surface area (Å²) in [7, 11) is 0. The third kappa shape index (κ3) is 5.09. The van der Waals surface area contributed by atoms with Crippen molar-refractivity contribution >= 4 is 11.6 Å². The highest BCUT2D eigenvalue weighted by Gasteiger charge is 2.51. The zero-order valence-electron chi connectivity index (χ0n) is 17.8. The molecule has 31 heavy (non-hydrogen) atoms. The second-order valence-corrected chi connectivity index (χ2v) is 9.02. The number of piperazine rings is 1. The normalized spacial score (nSPS) is 26.4. The molecule has 3 fully saturated rings. The molecule has 1 spiro atoms. The number of aliphatic hydroxyl groups is 1. The molecule has 1 saturated carbocycles. The Hall–Kier alpha value is -2.00. The lowest BCUT2D eigenvalue weighted by atomic mass is 9.90. The average Bonchev–Trinajstić information content (AvgIpc) is 3.48. The van der Waals surface area contributed by atoms with Crippen molar-refractivity contribution in [2.45, 2.75) is 51.1 Å². The van der Waals surface area contributed by atoms with Crippen LogP contribution in [0.5, 0.6) is 5.75 Å². The monoisotopic (exact) mass is 441 g/mol. The highest BCUT2D eigenvalue weighted by atomic mass is 19.4. The van der Waals surface area contributed by atoms with E-state index in [1.165, 1.54) is 18.2 Å². The van der Waals surface area contributed by atoms with Gasteiger partial charge in [0.15, 0.2) is 0 Å². The molecule has 2 atom stereocenters. The number of likely N-dealkylation sites (tertiary alicyclic amines) is 1. The van der Waals surface area contributed by atoms with E-state index in [1.54, 1.807) is 13.0 Å². The second-order valence-electron chi connectivity index (χ2n) is 9.02. The Kier molecular flexibility index (Phi) is 6.09. The molecule has 2 aliphatic heterocycles. The van der Waals surface area contributed by atoms with E-state index in [4.69, 9.17) is 0 Å². The zero-order valence-corrected chi connectivity index (χ0v) is 17.8. The lowest BCUT2D eigenvalue weighted by Crippen LogP contribution is -2.56. The average molecular weight is 441 g/mol. The molecule has 1 N–H and O–H groups in total. The Balaban J connectivity index is 1.27. The van der Waals surface area contributed by atoms with Gasteiger partial charge in [-0.1, -0.05) is 6.07 Å². The number of nitrogens with zero attached hydrogens (tertiary/aromatic N) is 3. The van der Waals surface area contributed by atoms with Gasteiger partial charge in [0.05, 0.1) is 6.10 Å². The SMILES string of the molecule is CC1C(=O)N(CCCN2CCC3(CC3)C(O)C2)CCN1c1cccc(OC(F)(F)F)c1. The molecular formula is C22H30F3N3O3. The fraction of sp³-hybridized carbons (Fsp3) is 0.682. The maximum atomic E-state index is 12.9. The van der Waals surface area contributed by atoms with Crippen LogP contribution < -0.4 is 9.64 Å². The first-order valence-electron chi connectivity index (χ1n) is 11.0. The van der Waals surface area contributed by atoms with E-state index in [1.807, 2.05) is 9.80 Å². The third-order valence-electron chi connectivity index (χ3n) is 6.99. The summed E-state index contributed by atoms with van der Waals surface area (Å²) in [6, 6.07) is 5.31. The summed E-state index contributed by atoms with van der Waals surface area (Å²) in [5.41, 5.74) is 0.735. The number of alkyl halides is 3. The van der Waals surface area contributed by atoms with Crippen molar-refractivity contribution in [2.75, 3.05) is 44.2 Å². The number of amides is 1. The van der Waals surface area contributed by atoms with Crippen molar-refractivity contribution in [3.8, 4) is 5.75 Å². The lowest BCUT2D eigenvalue weighted by Gasteiger charge is -2.41. The second kappa shape index (κ2) is 8.50. The number of ether oxygens (including phenoxy) is 1. The van der Waals surface area contributed by atoms with Crippen molar-refractivity contribution < 1.29 is 27.8 Å². The first-order valence-corrected chi connectivity index (χ1v) is 11.0. The smallest absolute Gasteiger partial charge is 0.406 e. The number of β-amino-alcohol motifs (C(OH)–C–C–N with tert-alkyl or cyclic N) is 1. The van der Waals surface area contributed by atoms with Gasteiger partial charge in [-0.05, 0) is 63.2 Å². The quantitative estimate of drug-likeness (QED) is 0.736. The first-order chi connectivity index (χ1) is 14.7. The highest BCUT2D eigenvalue weighted by molar-refractivity contribution is 5.86. The molecule has 2 saturated heterocycles. The topological polar surface area (TPSA) is 56.2 Å². The Labute approximate surface area is 180 Å². The molecule has 4 rings (SSSR count). The minimum Gasteiger partial charge on any atom is -0.406 e. The number of hydrogen-bond acceptors (Lipinski definition) is 5. The van der Waals surface area contributed by atoms with Crippen LogP contribution in [0.25, 0.3) is 0 Å². The van der Waals surface area contributed by atoms with E-state index < -0.39 is 12.4 Å². The largest absolute Gasteiger partial charge is 0.573 e. The van der Waals surface area contributed by atoms with Crippen molar-refractivity contribution in [1.82, 2.24) is 9.80 Å². The molecule has 6 nitrogen and oxygen atoms in total. The number of aliphatic hydroxyl groups excluding tert-OH is 1. The van der Waals surface area contributed by atoms with Gasteiger partial charge >= 0.3 is 6.36 Å². The van der Waals surface area contributed by atoms with Gasteiger partial charge in [-0.2, -0.15) is 0 Å². The van der Waals surface area contributed by atoms with Crippen LogP contribution in [0, 0.1) is 5.41 Å². The number of benzene rings is 1. The lowest BCUT2D eigenvalue weighted by molar-refractivity contribution is -0.274. The van der Waals surface area contributed by atoms with E-state index >= 15 is 0 Å². The van der Waals surface area contributed by atoms with Crippen LogP contribution in [-0.2, 0) is 4.79 Å². The molecule has 0 bridgehead atoms. The molecular weight excluding hydrogens is 411 g/mol. The van der Waals surface area contributed by atoms with Crippen LogP contribution >= 0.6 is 0 Å². The van der Waals surface area contributed by atoms with Crippen LogP contribution in [0.1, 0.15) is 32.6 Å². The van der Waals surface area contributed by atoms with Gasteiger partial charge in [-0.15, -0.1) is 13.2 Å². The summed E-state index contributed by atoms with van der Waals surface area (Å²) in [6.45, 7) is 6.08. The minimum atomic E-state index is -4.75. The highest BCUT2D eigenvalue weighted by Crippen LogP contribution is 2.53. The summed E-state index contributed by atoms with van der Waals surface area (Å²) >= 11 is 0. The van der Waals surface area contributed by atoms with Gasteiger partial charge in [0, 0.05) is 37.9 Å². The molecule has 2 heterocycles. The fourth-order valence-corrected chi connectivity index (χ4v) is 4.87. The number of halogens is 3.